The van der Waals surface area contributed by atoms with E-state index in [1.54, 1.807) is 0 Å². The predicted molar refractivity (Wildman–Crippen MR) is 101 cm³/mol. The van der Waals surface area contributed by atoms with E-state index in [0.29, 0.717) is 5.95 Å². The second-order valence-corrected chi connectivity index (χ2v) is 6.90. The van der Waals surface area contributed by atoms with Gasteiger partial charge in [-0.3, -0.25) is 0 Å². The molecule has 3 rings (SSSR count). The standard InChI is InChI=1S/C19H25ClN4/c1-3-14-8-9-16(20)15(12-14)17-7-5-4-6-10-24(17)18-11-13(2)22-19(21)23-18/h8-9,11-12,17H,3-7,10H2,1-2H3,(H2,21,22,23). The largest absolute Gasteiger partial charge is 0.368 e. The predicted octanol–water partition coefficient (Wildman–Crippen LogP) is 4.70. The highest BCUT2D eigenvalue weighted by atomic mass is 35.5. The van der Waals surface area contributed by atoms with E-state index in [-0.39, 0.29) is 6.04 Å². The molecule has 2 aromatic rings. The summed E-state index contributed by atoms with van der Waals surface area (Å²) in [7, 11) is 0. The summed E-state index contributed by atoms with van der Waals surface area (Å²) < 4.78 is 0. The van der Waals surface area contributed by atoms with Crippen LogP contribution in [0.4, 0.5) is 11.8 Å². The summed E-state index contributed by atoms with van der Waals surface area (Å²) in [5, 5.41) is 0.836. The van der Waals surface area contributed by atoms with Gasteiger partial charge in [0, 0.05) is 23.3 Å². The van der Waals surface area contributed by atoms with Gasteiger partial charge in [0.05, 0.1) is 6.04 Å². The van der Waals surface area contributed by atoms with Crippen LogP contribution in [0, 0.1) is 6.92 Å². The molecule has 0 radical (unpaired) electrons. The minimum absolute atomic E-state index is 0.236. The SMILES string of the molecule is CCc1ccc(Cl)c(C2CCCCCN2c2cc(C)nc(N)n2)c1. The van der Waals surface area contributed by atoms with Gasteiger partial charge >= 0.3 is 0 Å². The molecule has 1 atom stereocenters. The van der Waals surface area contributed by atoms with Crippen LogP contribution in [0.1, 0.15) is 55.5 Å². The highest BCUT2D eigenvalue weighted by Gasteiger charge is 2.26. The number of aromatic nitrogens is 2. The van der Waals surface area contributed by atoms with Crippen LogP contribution in [0.25, 0.3) is 0 Å². The number of aryl methyl sites for hydroxylation is 2. The molecular weight excluding hydrogens is 320 g/mol. The first-order chi connectivity index (χ1) is 11.6. The van der Waals surface area contributed by atoms with Crippen molar-refractivity contribution in [2.45, 2.75) is 52.0 Å². The molecule has 1 fully saturated rings. The van der Waals surface area contributed by atoms with Gasteiger partial charge in [-0.1, -0.05) is 43.5 Å². The van der Waals surface area contributed by atoms with Gasteiger partial charge in [-0.15, -0.1) is 0 Å². The summed E-state index contributed by atoms with van der Waals surface area (Å²) in [6.45, 7) is 5.10. The topological polar surface area (TPSA) is 55.0 Å². The Balaban J connectivity index is 2.05. The van der Waals surface area contributed by atoms with E-state index >= 15 is 0 Å². The van der Waals surface area contributed by atoms with Crippen molar-refractivity contribution in [3.63, 3.8) is 0 Å². The van der Waals surface area contributed by atoms with Crippen molar-refractivity contribution in [1.82, 2.24) is 9.97 Å². The molecule has 1 aliphatic heterocycles. The fourth-order valence-electron chi connectivity index (χ4n) is 3.50. The van der Waals surface area contributed by atoms with Gasteiger partial charge in [0.25, 0.3) is 0 Å². The monoisotopic (exact) mass is 344 g/mol. The number of rotatable bonds is 3. The second kappa shape index (κ2) is 7.39. The Hall–Kier alpha value is -1.81. The van der Waals surface area contributed by atoms with Gasteiger partial charge in [-0.25, -0.2) is 4.98 Å². The minimum Gasteiger partial charge on any atom is -0.368 e. The molecule has 5 heteroatoms. The van der Waals surface area contributed by atoms with Gasteiger partial charge in [-0.05, 0) is 43.4 Å². The van der Waals surface area contributed by atoms with Crippen LogP contribution >= 0.6 is 11.6 Å². The average molecular weight is 345 g/mol. The van der Waals surface area contributed by atoms with Gasteiger partial charge in [0.15, 0.2) is 0 Å². The van der Waals surface area contributed by atoms with E-state index in [9.17, 15) is 0 Å². The van der Waals surface area contributed by atoms with Crippen molar-refractivity contribution in [3.05, 3.63) is 46.1 Å². The minimum atomic E-state index is 0.236. The molecular formula is C19H25ClN4. The molecule has 0 bridgehead atoms. The van der Waals surface area contributed by atoms with E-state index in [0.717, 1.165) is 42.3 Å². The summed E-state index contributed by atoms with van der Waals surface area (Å²) >= 11 is 6.57. The zero-order chi connectivity index (χ0) is 17.1. The van der Waals surface area contributed by atoms with Crippen molar-refractivity contribution < 1.29 is 0 Å². The van der Waals surface area contributed by atoms with Gasteiger partial charge in [0.2, 0.25) is 5.95 Å². The Morgan fingerprint density at radius 2 is 2.04 bits per heavy atom. The van der Waals surface area contributed by atoms with Crippen molar-refractivity contribution in [3.8, 4) is 0 Å². The number of nitrogen functional groups attached to an aromatic ring is 1. The quantitative estimate of drug-likeness (QED) is 0.876. The smallest absolute Gasteiger partial charge is 0.222 e. The maximum Gasteiger partial charge on any atom is 0.222 e. The first kappa shape index (κ1) is 17.0. The van der Waals surface area contributed by atoms with Crippen LogP contribution in [0.15, 0.2) is 24.3 Å². The summed E-state index contributed by atoms with van der Waals surface area (Å²) in [5.74, 6) is 1.24. The number of nitrogens with two attached hydrogens (primary N) is 1. The van der Waals surface area contributed by atoms with E-state index in [4.69, 9.17) is 17.3 Å². The van der Waals surface area contributed by atoms with Crippen LogP contribution < -0.4 is 10.6 Å². The average Bonchev–Trinajstić information content (AvgIpc) is 2.80. The maximum atomic E-state index is 6.57. The van der Waals surface area contributed by atoms with Crippen molar-refractivity contribution >= 4 is 23.4 Å². The normalized spacial score (nSPS) is 18.5. The maximum absolute atomic E-state index is 6.57. The number of hydrogen-bond donors (Lipinski definition) is 1. The molecule has 1 saturated heterocycles. The third-order valence-corrected chi connectivity index (χ3v) is 5.08. The Morgan fingerprint density at radius 3 is 2.79 bits per heavy atom. The Kier molecular flexibility index (Phi) is 5.24. The zero-order valence-corrected chi connectivity index (χ0v) is 15.2. The highest BCUT2D eigenvalue weighted by molar-refractivity contribution is 6.31. The molecule has 0 aliphatic carbocycles. The van der Waals surface area contributed by atoms with Crippen LogP contribution in [-0.2, 0) is 6.42 Å². The number of anilines is 2. The third kappa shape index (κ3) is 3.64. The van der Waals surface area contributed by atoms with E-state index < -0.39 is 0 Å². The van der Waals surface area contributed by atoms with Crippen LogP contribution in [0.5, 0.6) is 0 Å². The molecule has 1 aromatic heterocycles. The van der Waals surface area contributed by atoms with Crippen LogP contribution in [-0.4, -0.2) is 16.5 Å². The lowest BCUT2D eigenvalue weighted by atomic mass is 9.98. The summed E-state index contributed by atoms with van der Waals surface area (Å²) in [5.41, 5.74) is 9.31. The lowest BCUT2D eigenvalue weighted by Crippen LogP contribution is -2.30. The van der Waals surface area contributed by atoms with Crippen molar-refractivity contribution in [2.24, 2.45) is 0 Å². The van der Waals surface area contributed by atoms with E-state index in [2.05, 4.69) is 33.9 Å². The zero-order valence-electron chi connectivity index (χ0n) is 14.4. The molecule has 0 amide bonds. The fourth-order valence-corrected chi connectivity index (χ4v) is 3.74. The Bertz CT molecular complexity index is 696. The molecule has 128 valence electrons. The van der Waals surface area contributed by atoms with Crippen molar-refractivity contribution in [1.29, 1.82) is 0 Å². The molecule has 2 N–H and O–H groups in total. The summed E-state index contributed by atoms with van der Waals surface area (Å²) in [6.07, 6.45) is 5.68. The van der Waals surface area contributed by atoms with Gasteiger partial charge in [-0.2, -0.15) is 4.98 Å². The molecule has 1 aromatic carbocycles. The lowest BCUT2D eigenvalue weighted by Gasteiger charge is -2.32. The first-order valence-corrected chi connectivity index (χ1v) is 9.12. The molecule has 2 heterocycles. The van der Waals surface area contributed by atoms with Crippen molar-refractivity contribution in [2.75, 3.05) is 17.2 Å². The molecule has 24 heavy (non-hydrogen) atoms. The number of hydrogen-bond acceptors (Lipinski definition) is 4. The Morgan fingerprint density at radius 1 is 1.21 bits per heavy atom. The number of halogens is 1. The molecule has 0 spiro atoms. The molecule has 1 unspecified atom stereocenters. The molecule has 4 nitrogen and oxygen atoms in total. The number of benzene rings is 1. The summed E-state index contributed by atoms with van der Waals surface area (Å²) in [4.78, 5) is 11.1. The summed E-state index contributed by atoms with van der Waals surface area (Å²) in [6, 6.07) is 8.65. The van der Waals surface area contributed by atoms with E-state index in [1.165, 1.54) is 24.0 Å². The highest BCUT2D eigenvalue weighted by Crippen LogP contribution is 2.37. The lowest BCUT2D eigenvalue weighted by molar-refractivity contribution is 0.596. The first-order valence-electron chi connectivity index (χ1n) is 8.74. The van der Waals surface area contributed by atoms with Gasteiger partial charge in [0.1, 0.15) is 5.82 Å². The van der Waals surface area contributed by atoms with Gasteiger partial charge < -0.3 is 10.6 Å². The van der Waals surface area contributed by atoms with Crippen LogP contribution in [0.2, 0.25) is 5.02 Å². The van der Waals surface area contributed by atoms with E-state index in [1.807, 2.05) is 19.1 Å². The second-order valence-electron chi connectivity index (χ2n) is 6.49. The molecule has 0 saturated carbocycles. The number of nitrogens with zero attached hydrogens (tertiary/aromatic N) is 3. The third-order valence-electron chi connectivity index (χ3n) is 4.73. The Labute approximate surface area is 149 Å². The van der Waals surface area contributed by atoms with Crippen LogP contribution in [0.3, 0.4) is 0 Å². The molecule has 1 aliphatic rings. The fraction of sp³-hybridized carbons (Fsp3) is 0.474.